The quantitative estimate of drug-likeness (QED) is 0.565. The van der Waals surface area contributed by atoms with E-state index in [2.05, 4.69) is 58.3 Å². The van der Waals surface area contributed by atoms with Crippen LogP contribution in [0.4, 0.5) is 5.82 Å². The molecular formula is C23H26Cl2N4O. The summed E-state index contributed by atoms with van der Waals surface area (Å²) in [5.41, 5.74) is 2.06. The highest BCUT2D eigenvalue weighted by Gasteiger charge is 2.20. The van der Waals surface area contributed by atoms with Crippen molar-refractivity contribution in [3.63, 3.8) is 0 Å². The Morgan fingerprint density at radius 2 is 1.70 bits per heavy atom. The number of pyridine rings is 1. The lowest BCUT2D eigenvalue weighted by molar-refractivity contribution is 0.263. The predicted octanol–water partition coefficient (Wildman–Crippen LogP) is 4.79. The lowest BCUT2D eigenvalue weighted by Crippen LogP contribution is -2.47. The first-order valence-corrected chi connectivity index (χ1v) is 9.67. The fourth-order valence-electron chi connectivity index (χ4n) is 3.72. The number of halogens is 2. The third kappa shape index (κ3) is 5.14. The van der Waals surface area contributed by atoms with E-state index in [4.69, 9.17) is 15.0 Å². The molecule has 0 spiro atoms. The monoisotopic (exact) mass is 444 g/mol. The Bertz CT molecular complexity index is 996. The molecule has 5 nitrogen and oxygen atoms in total. The first-order chi connectivity index (χ1) is 13.8. The highest BCUT2D eigenvalue weighted by atomic mass is 35.5. The van der Waals surface area contributed by atoms with Crippen molar-refractivity contribution in [1.82, 2.24) is 9.88 Å². The first kappa shape index (κ1) is 23.8. The van der Waals surface area contributed by atoms with Gasteiger partial charge in [0.25, 0.3) is 0 Å². The number of piperazine rings is 1. The lowest BCUT2D eigenvalue weighted by Gasteiger charge is -2.35. The fourth-order valence-corrected chi connectivity index (χ4v) is 3.72. The second kappa shape index (κ2) is 11.0. The number of nitrogens with zero attached hydrogens (tertiary/aromatic N) is 4. The summed E-state index contributed by atoms with van der Waals surface area (Å²) in [6.07, 6.45) is 0.591. The van der Waals surface area contributed by atoms with Crippen LogP contribution >= 0.6 is 24.8 Å². The van der Waals surface area contributed by atoms with Gasteiger partial charge in [0, 0.05) is 50.1 Å². The summed E-state index contributed by atoms with van der Waals surface area (Å²) in [6, 6.07) is 20.9. The predicted molar refractivity (Wildman–Crippen MR) is 127 cm³/mol. The van der Waals surface area contributed by atoms with E-state index < -0.39 is 0 Å². The van der Waals surface area contributed by atoms with Gasteiger partial charge in [-0.2, -0.15) is 5.26 Å². The van der Waals surface area contributed by atoms with Gasteiger partial charge in [0.15, 0.2) is 0 Å². The molecule has 1 aliphatic heterocycles. The number of aromatic nitrogens is 1. The molecule has 158 valence electrons. The number of methoxy groups -OCH3 is 1. The van der Waals surface area contributed by atoms with Crippen LogP contribution in [0.2, 0.25) is 0 Å². The van der Waals surface area contributed by atoms with E-state index in [1.165, 1.54) is 10.8 Å². The van der Waals surface area contributed by atoms with Crippen molar-refractivity contribution >= 4 is 41.4 Å². The van der Waals surface area contributed by atoms with Crippen LogP contribution in [0.1, 0.15) is 6.42 Å². The molecule has 7 heteroatoms. The molecule has 0 bridgehead atoms. The lowest BCUT2D eigenvalue weighted by atomic mass is 10.1. The number of hydrogen-bond acceptors (Lipinski definition) is 5. The van der Waals surface area contributed by atoms with Crippen molar-refractivity contribution in [2.75, 3.05) is 44.7 Å². The summed E-state index contributed by atoms with van der Waals surface area (Å²) in [5.74, 6) is 1.89. The Kier molecular flexibility index (Phi) is 8.73. The maximum Gasteiger partial charge on any atom is 0.137 e. The Hall–Kier alpha value is -2.52. The van der Waals surface area contributed by atoms with Gasteiger partial charge in [-0.1, -0.05) is 24.3 Å². The topological polar surface area (TPSA) is 52.4 Å². The van der Waals surface area contributed by atoms with Crippen LogP contribution in [0.5, 0.6) is 5.75 Å². The summed E-state index contributed by atoms with van der Waals surface area (Å²) in [5, 5.41) is 11.2. The second-order valence-electron chi connectivity index (χ2n) is 7.02. The van der Waals surface area contributed by atoms with Crippen LogP contribution in [-0.4, -0.2) is 49.7 Å². The summed E-state index contributed by atoms with van der Waals surface area (Å²) in [4.78, 5) is 9.78. The summed E-state index contributed by atoms with van der Waals surface area (Å²) >= 11 is 0. The third-order valence-corrected chi connectivity index (χ3v) is 5.32. The number of fused-ring (bicyclic) bond motifs is 1. The van der Waals surface area contributed by atoms with Crippen LogP contribution < -0.4 is 9.64 Å². The minimum absolute atomic E-state index is 0. The van der Waals surface area contributed by atoms with E-state index in [-0.39, 0.29) is 24.8 Å². The molecule has 1 fully saturated rings. The SMILES string of the molecule is COc1ccc(-c2cc3ccccc3c(N3CCN(CCC#N)CC3)n2)cc1.Cl.Cl. The van der Waals surface area contributed by atoms with E-state index in [0.29, 0.717) is 6.42 Å². The normalized spacial score (nSPS) is 13.8. The summed E-state index contributed by atoms with van der Waals surface area (Å²) < 4.78 is 5.28. The van der Waals surface area contributed by atoms with Crippen LogP contribution in [0, 0.1) is 11.3 Å². The largest absolute Gasteiger partial charge is 0.497 e. The average molecular weight is 445 g/mol. The van der Waals surface area contributed by atoms with Crippen molar-refractivity contribution in [2.24, 2.45) is 0 Å². The van der Waals surface area contributed by atoms with E-state index in [0.717, 1.165) is 55.5 Å². The van der Waals surface area contributed by atoms with E-state index >= 15 is 0 Å². The molecule has 1 saturated heterocycles. The van der Waals surface area contributed by atoms with Crippen LogP contribution in [0.3, 0.4) is 0 Å². The molecule has 4 rings (SSSR count). The number of anilines is 1. The van der Waals surface area contributed by atoms with Crippen molar-refractivity contribution in [2.45, 2.75) is 6.42 Å². The molecule has 0 radical (unpaired) electrons. The molecule has 3 aromatic rings. The molecule has 0 unspecified atom stereocenters. The summed E-state index contributed by atoms with van der Waals surface area (Å²) in [7, 11) is 1.68. The Morgan fingerprint density at radius 3 is 2.37 bits per heavy atom. The van der Waals surface area contributed by atoms with Gasteiger partial charge in [-0.05, 0) is 35.7 Å². The van der Waals surface area contributed by atoms with Gasteiger partial charge in [-0.15, -0.1) is 24.8 Å². The maximum atomic E-state index is 8.81. The Labute approximate surface area is 190 Å². The zero-order valence-electron chi connectivity index (χ0n) is 17.0. The molecule has 0 amide bonds. The van der Waals surface area contributed by atoms with Crippen molar-refractivity contribution < 1.29 is 4.74 Å². The molecule has 2 heterocycles. The van der Waals surface area contributed by atoms with Crippen molar-refractivity contribution in [3.8, 4) is 23.1 Å². The first-order valence-electron chi connectivity index (χ1n) is 9.67. The molecule has 0 aliphatic carbocycles. The number of benzene rings is 2. The fraction of sp³-hybridized carbons (Fsp3) is 0.304. The Morgan fingerprint density at radius 1 is 1.00 bits per heavy atom. The van der Waals surface area contributed by atoms with Crippen LogP contribution in [-0.2, 0) is 0 Å². The molecule has 30 heavy (non-hydrogen) atoms. The van der Waals surface area contributed by atoms with Gasteiger partial charge >= 0.3 is 0 Å². The smallest absolute Gasteiger partial charge is 0.137 e. The van der Waals surface area contributed by atoms with Crippen LogP contribution in [0.25, 0.3) is 22.0 Å². The molecule has 0 saturated carbocycles. The minimum Gasteiger partial charge on any atom is -0.497 e. The molecule has 0 N–H and O–H groups in total. The van der Waals surface area contributed by atoms with Gasteiger partial charge in [-0.3, -0.25) is 4.90 Å². The number of rotatable bonds is 5. The minimum atomic E-state index is 0. The molecule has 2 aromatic carbocycles. The zero-order valence-corrected chi connectivity index (χ0v) is 18.6. The van der Waals surface area contributed by atoms with Gasteiger partial charge < -0.3 is 9.64 Å². The highest BCUT2D eigenvalue weighted by Crippen LogP contribution is 2.31. The van der Waals surface area contributed by atoms with Gasteiger partial charge in [0.2, 0.25) is 0 Å². The number of nitriles is 1. The third-order valence-electron chi connectivity index (χ3n) is 5.32. The maximum absolute atomic E-state index is 8.81. The van der Waals surface area contributed by atoms with Crippen molar-refractivity contribution in [3.05, 3.63) is 54.6 Å². The van der Waals surface area contributed by atoms with Gasteiger partial charge in [0.05, 0.1) is 18.9 Å². The summed E-state index contributed by atoms with van der Waals surface area (Å²) in [6.45, 7) is 4.63. The molecular weight excluding hydrogens is 419 g/mol. The highest BCUT2D eigenvalue weighted by molar-refractivity contribution is 5.95. The number of ether oxygens (including phenoxy) is 1. The standard InChI is InChI=1S/C23H24N4O.2ClH/c1-28-20-9-7-18(8-10-20)22-17-19-5-2-3-6-21(19)23(25-22)27-15-13-26(14-16-27)12-4-11-24;;/h2-3,5-10,17H,4,12-16H2,1H3;2*1H. The van der Waals surface area contributed by atoms with E-state index in [1.807, 2.05) is 12.1 Å². The average Bonchev–Trinajstić information content (AvgIpc) is 2.77. The van der Waals surface area contributed by atoms with Gasteiger partial charge in [0.1, 0.15) is 11.6 Å². The van der Waals surface area contributed by atoms with Gasteiger partial charge in [-0.25, -0.2) is 4.98 Å². The molecule has 1 aromatic heterocycles. The van der Waals surface area contributed by atoms with E-state index in [1.54, 1.807) is 7.11 Å². The molecule has 1 aliphatic rings. The number of hydrogen-bond donors (Lipinski definition) is 0. The second-order valence-corrected chi connectivity index (χ2v) is 7.02. The Balaban J connectivity index is 0.00000160. The van der Waals surface area contributed by atoms with Crippen LogP contribution in [0.15, 0.2) is 54.6 Å². The van der Waals surface area contributed by atoms with E-state index in [9.17, 15) is 0 Å². The zero-order chi connectivity index (χ0) is 19.3. The van der Waals surface area contributed by atoms with Crippen molar-refractivity contribution in [1.29, 1.82) is 5.26 Å². The molecule has 0 atom stereocenters.